The molecule has 2 aromatic rings. The van der Waals surface area contributed by atoms with E-state index in [1.165, 1.54) is 42.6 Å². The van der Waals surface area contributed by atoms with E-state index < -0.39 is 0 Å². The maximum atomic E-state index is 5.84. The third-order valence-corrected chi connectivity index (χ3v) is 6.63. The highest BCUT2D eigenvalue weighted by Crippen LogP contribution is 2.44. The van der Waals surface area contributed by atoms with Crippen molar-refractivity contribution in [2.45, 2.75) is 64.2 Å². The first kappa shape index (κ1) is 19.4. The maximum Gasteiger partial charge on any atom is 0.170 e. The third kappa shape index (κ3) is 3.44. The summed E-state index contributed by atoms with van der Waals surface area (Å²) < 4.78 is 7.69. The lowest BCUT2D eigenvalue weighted by atomic mass is 9.95. The van der Waals surface area contributed by atoms with Crippen LogP contribution in [0.3, 0.4) is 0 Å². The van der Waals surface area contributed by atoms with E-state index in [4.69, 9.17) is 17.0 Å². The van der Waals surface area contributed by atoms with Crippen molar-refractivity contribution in [3.8, 4) is 0 Å². The van der Waals surface area contributed by atoms with Crippen LogP contribution in [0.1, 0.15) is 60.4 Å². The lowest BCUT2D eigenvalue weighted by Gasteiger charge is -2.33. The Morgan fingerprint density at radius 2 is 2.04 bits per heavy atom. The molecule has 2 aromatic heterocycles. The molecule has 1 saturated carbocycles. The molecule has 0 unspecified atom stereocenters. The van der Waals surface area contributed by atoms with Gasteiger partial charge >= 0.3 is 0 Å². The van der Waals surface area contributed by atoms with Crippen LogP contribution in [0.15, 0.2) is 30.5 Å². The Balaban J connectivity index is 1.77. The average Bonchev–Trinajstić information content (AvgIpc) is 3.40. The molecule has 0 aromatic carbocycles. The number of aryl methyl sites for hydroxylation is 1. The number of aromatic nitrogens is 2. The highest BCUT2D eigenvalue weighted by molar-refractivity contribution is 7.80. The Kier molecular flexibility index (Phi) is 5.69. The molecule has 150 valence electrons. The second-order valence-corrected chi connectivity index (χ2v) is 8.33. The van der Waals surface area contributed by atoms with Crippen molar-refractivity contribution in [2.75, 3.05) is 13.7 Å². The van der Waals surface area contributed by atoms with Crippen LogP contribution in [0.5, 0.6) is 0 Å². The average molecular weight is 399 g/mol. The first-order chi connectivity index (χ1) is 13.6. The standard InChI is InChI=1S/C22H30N4OS/c1-15-14-18(16(2)25(15)12-13-27-3)21-20(19-10-6-7-11-23-19)24-22(28)26(21)17-8-4-5-9-17/h6-7,10-11,14,17,20-21H,4-5,8-9,12-13H2,1-3H3,(H,24,28)/t20-,21+/m0/s1. The van der Waals surface area contributed by atoms with Gasteiger partial charge in [-0.15, -0.1) is 0 Å². The van der Waals surface area contributed by atoms with Gasteiger partial charge in [0.05, 0.1) is 24.4 Å². The number of rotatable bonds is 6. The number of methoxy groups -OCH3 is 1. The minimum absolute atomic E-state index is 0.0747. The molecule has 5 nitrogen and oxygen atoms in total. The van der Waals surface area contributed by atoms with Gasteiger partial charge in [-0.2, -0.15) is 0 Å². The monoisotopic (exact) mass is 398 g/mol. The molecule has 1 aliphatic heterocycles. The lowest BCUT2D eigenvalue weighted by Crippen LogP contribution is -2.37. The second kappa shape index (κ2) is 8.21. The number of nitrogens with one attached hydrogen (secondary N) is 1. The van der Waals surface area contributed by atoms with Crippen LogP contribution >= 0.6 is 12.2 Å². The van der Waals surface area contributed by atoms with Gasteiger partial charge in [0.15, 0.2) is 5.11 Å². The fourth-order valence-corrected chi connectivity index (χ4v) is 5.32. The molecule has 6 heteroatoms. The topological polar surface area (TPSA) is 42.3 Å². The van der Waals surface area contributed by atoms with Gasteiger partial charge in [-0.1, -0.05) is 18.9 Å². The molecule has 1 aliphatic carbocycles. The summed E-state index contributed by atoms with van der Waals surface area (Å²) in [5.41, 5.74) is 4.98. The van der Waals surface area contributed by atoms with Crippen molar-refractivity contribution in [1.82, 2.24) is 19.8 Å². The number of hydrogen-bond donors (Lipinski definition) is 1. The van der Waals surface area contributed by atoms with Gasteiger partial charge in [-0.25, -0.2) is 0 Å². The van der Waals surface area contributed by atoms with Crippen LogP contribution < -0.4 is 5.32 Å². The molecule has 0 radical (unpaired) electrons. The van der Waals surface area contributed by atoms with Gasteiger partial charge in [0, 0.05) is 37.3 Å². The van der Waals surface area contributed by atoms with E-state index in [-0.39, 0.29) is 12.1 Å². The third-order valence-electron chi connectivity index (χ3n) is 6.30. The second-order valence-electron chi connectivity index (χ2n) is 7.94. The predicted octanol–water partition coefficient (Wildman–Crippen LogP) is 4.06. The largest absolute Gasteiger partial charge is 0.383 e. The molecule has 2 aliphatic rings. The highest BCUT2D eigenvalue weighted by atomic mass is 32.1. The van der Waals surface area contributed by atoms with Crippen molar-refractivity contribution in [1.29, 1.82) is 0 Å². The van der Waals surface area contributed by atoms with E-state index in [2.05, 4.69) is 51.8 Å². The normalized spacial score (nSPS) is 22.8. The first-order valence-electron chi connectivity index (χ1n) is 10.3. The summed E-state index contributed by atoms with van der Waals surface area (Å²) >= 11 is 5.84. The molecular weight excluding hydrogens is 368 g/mol. The van der Waals surface area contributed by atoms with Crippen LogP contribution in [-0.2, 0) is 11.3 Å². The molecular formula is C22H30N4OS. The Morgan fingerprint density at radius 3 is 2.71 bits per heavy atom. The number of thiocarbonyl (C=S) groups is 1. The Morgan fingerprint density at radius 1 is 1.25 bits per heavy atom. The zero-order valence-corrected chi connectivity index (χ0v) is 17.8. The molecule has 28 heavy (non-hydrogen) atoms. The minimum atomic E-state index is 0.0747. The summed E-state index contributed by atoms with van der Waals surface area (Å²) in [6, 6.07) is 9.24. The van der Waals surface area contributed by atoms with Crippen molar-refractivity contribution < 1.29 is 4.74 Å². The Labute approximate surface area is 173 Å². The molecule has 3 heterocycles. The van der Waals surface area contributed by atoms with E-state index in [1.54, 1.807) is 7.11 Å². The molecule has 0 amide bonds. The van der Waals surface area contributed by atoms with Gasteiger partial charge < -0.3 is 19.5 Å². The van der Waals surface area contributed by atoms with Crippen molar-refractivity contribution in [3.05, 3.63) is 53.1 Å². The predicted molar refractivity (Wildman–Crippen MR) is 115 cm³/mol. The quantitative estimate of drug-likeness (QED) is 0.743. The van der Waals surface area contributed by atoms with Gasteiger partial charge in [0.2, 0.25) is 0 Å². The van der Waals surface area contributed by atoms with Crippen LogP contribution in [-0.4, -0.2) is 39.3 Å². The van der Waals surface area contributed by atoms with E-state index >= 15 is 0 Å². The highest BCUT2D eigenvalue weighted by Gasteiger charge is 2.44. The van der Waals surface area contributed by atoms with Crippen LogP contribution in [0.25, 0.3) is 0 Å². The SMILES string of the molecule is COCCn1c(C)cc([C@@H]2[C@H](c3ccccn3)NC(=S)N2C2CCCC2)c1C. The van der Waals surface area contributed by atoms with Gasteiger partial charge in [-0.3, -0.25) is 4.98 Å². The molecule has 4 rings (SSSR count). The summed E-state index contributed by atoms with van der Waals surface area (Å²) in [6.45, 7) is 5.99. The van der Waals surface area contributed by atoms with Crippen molar-refractivity contribution in [3.63, 3.8) is 0 Å². The number of pyridine rings is 1. The fourth-order valence-electron chi connectivity index (χ4n) is 4.93. The van der Waals surface area contributed by atoms with E-state index in [1.807, 2.05) is 12.3 Å². The zero-order chi connectivity index (χ0) is 19.7. The van der Waals surface area contributed by atoms with Gasteiger partial charge in [0.1, 0.15) is 0 Å². The number of nitrogens with zero attached hydrogens (tertiary/aromatic N) is 3. The number of ether oxygens (including phenoxy) is 1. The lowest BCUT2D eigenvalue weighted by molar-refractivity contribution is 0.186. The summed E-state index contributed by atoms with van der Waals surface area (Å²) in [4.78, 5) is 7.14. The summed E-state index contributed by atoms with van der Waals surface area (Å²) in [5, 5.41) is 4.48. The molecule has 1 saturated heterocycles. The van der Waals surface area contributed by atoms with Gasteiger partial charge in [-0.05, 0) is 62.7 Å². The number of hydrogen-bond acceptors (Lipinski definition) is 3. The smallest absolute Gasteiger partial charge is 0.170 e. The summed E-state index contributed by atoms with van der Waals surface area (Å²) in [6.07, 6.45) is 6.89. The first-order valence-corrected chi connectivity index (χ1v) is 10.7. The molecule has 2 fully saturated rings. The Hall–Kier alpha value is -1.92. The molecule has 0 bridgehead atoms. The molecule has 2 atom stereocenters. The van der Waals surface area contributed by atoms with Crippen molar-refractivity contribution in [2.24, 2.45) is 0 Å². The maximum absolute atomic E-state index is 5.84. The molecule has 1 N–H and O–H groups in total. The van der Waals surface area contributed by atoms with Crippen LogP contribution in [0, 0.1) is 13.8 Å². The molecule has 0 spiro atoms. The summed E-state index contributed by atoms with van der Waals surface area (Å²) in [7, 11) is 1.76. The minimum Gasteiger partial charge on any atom is -0.383 e. The van der Waals surface area contributed by atoms with Crippen molar-refractivity contribution >= 4 is 17.3 Å². The van der Waals surface area contributed by atoms with Crippen LogP contribution in [0.4, 0.5) is 0 Å². The van der Waals surface area contributed by atoms with Gasteiger partial charge in [0.25, 0.3) is 0 Å². The zero-order valence-electron chi connectivity index (χ0n) is 17.0. The fraction of sp³-hybridized carbons (Fsp3) is 0.545. The van der Waals surface area contributed by atoms with E-state index in [0.29, 0.717) is 12.6 Å². The van der Waals surface area contributed by atoms with E-state index in [9.17, 15) is 0 Å². The van der Waals surface area contributed by atoms with Crippen LogP contribution in [0.2, 0.25) is 0 Å². The Bertz CT molecular complexity index is 829. The van der Waals surface area contributed by atoms with E-state index in [0.717, 1.165) is 17.4 Å². The summed E-state index contributed by atoms with van der Waals surface area (Å²) in [5.74, 6) is 0.